The van der Waals surface area contributed by atoms with Crippen LogP contribution in [-0.4, -0.2) is 33.1 Å². The van der Waals surface area contributed by atoms with Crippen LogP contribution in [0.4, 0.5) is 0 Å². The molecule has 2 rings (SSSR count). The van der Waals surface area contributed by atoms with E-state index in [0.29, 0.717) is 17.7 Å². The average Bonchev–Trinajstić information content (AvgIpc) is 2.68. The lowest BCUT2D eigenvalue weighted by Crippen LogP contribution is -2.47. The Morgan fingerprint density at radius 2 is 2.20 bits per heavy atom. The monoisotopic (exact) mass is 318 g/mol. The van der Waals surface area contributed by atoms with Crippen molar-refractivity contribution in [2.24, 2.45) is 5.14 Å². The molecule has 6 nitrogen and oxygen atoms in total. The summed E-state index contributed by atoms with van der Waals surface area (Å²) < 4.78 is 28.1. The SMILES string of the molecule is CCOC1CC(NC(=O)c2csc(S(N)(=O)=O)c2C)C1. The first-order valence-electron chi connectivity index (χ1n) is 6.36. The molecule has 0 radical (unpaired) electrons. The molecule has 0 aliphatic heterocycles. The third-order valence-corrected chi connectivity index (χ3v) is 6.01. The average molecular weight is 318 g/mol. The minimum Gasteiger partial charge on any atom is -0.378 e. The van der Waals surface area contributed by atoms with Crippen LogP contribution >= 0.6 is 11.3 Å². The van der Waals surface area contributed by atoms with Crippen molar-refractivity contribution in [1.82, 2.24) is 5.32 Å². The summed E-state index contributed by atoms with van der Waals surface area (Å²) >= 11 is 0.974. The molecule has 112 valence electrons. The first kappa shape index (κ1) is 15.4. The van der Waals surface area contributed by atoms with Crippen molar-refractivity contribution in [3.05, 3.63) is 16.5 Å². The topological polar surface area (TPSA) is 98.5 Å². The first-order valence-corrected chi connectivity index (χ1v) is 8.78. The van der Waals surface area contributed by atoms with Gasteiger partial charge in [-0.3, -0.25) is 4.79 Å². The predicted molar refractivity (Wildman–Crippen MR) is 76.3 cm³/mol. The van der Waals surface area contributed by atoms with E-state index in [9.17, 15) is 13.2 Å². The second-order valence-corrected chi connectivity index (χ2v) is 7.46. The largest absolute Gasteiger partial charge is 0.378 e. The number of carbonyl (C=O) groups excluding carboxylic acids is 1. The van der Waals surface area contributed by atoms with Crippen LogP contribution in [0.5, 0.6) is 0 Å². The number of sulfonamides is 1. The lowest BCUT2D eigenvalue weighted by Gasteiger charge is -2.35. The molecular formula is C12H18N2O4S2. The van der Waals surface area contributed by atoms with Crippen molar-refractivity contribution >= 4 is 27.3 Å². The number of amides is 1. The maximum absolute atomic E-state index is 12.1. The van der Waals surface area contributed by atoms with Crippen LogP contribution < -0.4 is 10.5 Å². The van der Waals surface area contributed by atoms with E-state index in [1.807, 2.05) is 6.92 Å². The Kier molecular flexibility index (Phi) is 4.48. The van der Waals surface area contributed by atoms with Crippen molar-refractivity contribution in [2.75, 3.05) is 6.61 Å². The molecule has 20 heavy (non-hydrogen) atoms. The lowest BCUT2D eigenvalue weighted by atomic mass is 9.89. The fraction of sp³-hybridized carbons (Fsp3) is 0.583. The first-order chi connectivity index (χ1) is 9.32. The summed E-state index contributed by atoms with van der Waals surface area (Å²) in [6.45, 7) is 4.21. The zero-order chi connectivity index (χ0) is 14.9. The number of carbonyl (C=O) groups is 1. The molecule has 1 aliphatic rings. The zero-order valence-electron chi connectivity index (χ0n) is 11.4. The van der Waals surface area contributed by atoms with Gasteiger partial charge in [-0.1, -0.05) is 0 Å². The summed E-state index contributed by atoms with van der Waals surface area (Å²) in [4.78, 5) is 12.1. The third kappa shape index (κ3) is 3.20. The van der Waals surface area contributed by atoms with Crippen molar-refractivity contribution in [3.8, 4) is 0 Å². The van der Waals surface area contributed by atoms with Crippen LogP contribution in [0.3, 0.4) is 0 Å². The van der Waals surface area contributed by atoms with E-state index in [2.05, 4.69) is 5.32 Å². The summed E-state index contributed by atoms with van der Waals surface area (Å²) in [6, 6.07) is 0.0938. The van der Waals surface area contributed by atoms with Crippen LogP contribution in [-0.2, 0) is 14.8 Å². The molecule has 0 atom stereocenters. The highest BCUT2D eigenvalue weighted by atomic mass is 32.2. The molecule has 1 aromatic rings. The van der Waals surface area contributed by atoms with Gasteiger partial charge in [0, 0.05) is 18.0 Å². The molecule has 0 saturated heterocycles. The number of rotatable bonds is 5. The van der Waals surface area contributed by atoms with Gasteiger partial charge >= 0.3 is 0 Å². The smallest absolute Gasteiger partial charge is 0.252 e. The van der Waals surface area contributed by atoms with Crippen LogP contribution in [0.25, 0.3) is 0 Å². The predicted octanol–water partition coefficient (Wildman–Crippen LogP) is 1.00. The third-order valence-electron chi connectivity index (χ3n) is 3.33. The van der Waals surface area contributed by atoms with Crippen molar-refractivity contribution in [1.29, 1.82) is 0 Å². The number of hydrogen-bond acceptors (Lipinski definition) is 5. The highest BCUT2D eigenvalue weighted by molar-refractivity contribution is 7.91. The molecule has 1 heterocycles. The number of hydrogen-bond donors (Lipinski definition) is 2. The second kappa shape index (κ2) is 5.80. The number of ether oxygens (including phenoxy) is 1. The van der Waals surface area contributed by atoms with Gasteiger partial charge in [0.2, 0.25) is 10.0 Å². The molecule has 0 unspecified atom stereocenters. The number of thiophene rings is 1. The van der Waals surface area contributed by atoms with E-state index >= 15 is 0 Å². The summed E-state index contributed by atoms with van der Waals surface area (Å²) in [5.74, 6) is -0.256. The Morgan fingerprint density at radius 3 is 2.70 bits per heavy atom. The fourth-order valence-corrected chi connectivity index (χ4v) is 4.23. The molecule has 1 fully saturated rings. The molecule has 1 aromatic heterocycles. The Bertz CT molecular complexity index is 603. The standard InChI is InChI=1S/C12H18N2O4S2/c1-3-18-9-4-8(5-9)14-11(15)10-6-19-12(7(10)2)20(13,16)17/h6,8-9H,3-5H2,1-2H3,(H,14,15)(H2,13,16,17). The molecule has 0 aromatic carbocycles. The van der Waals surface area contributed by atoms with Gasteiger partial charge in [0.15, 0.2) is 0 Å². The Hall–Kier alpha value is -0.960. The van der Waals surface area contributed by atoms with Crippen LogP contribution in [0.2, 0.25) is 0 Å². The van der Waals surface area contributed by atoms with Gasteiger partial charge in [-0.15, -0.1) is 11.3 Å². The van der Waals surface area contributed by atoms with E-state index in [0.717, 1.165) is 24.2 Å². The highest BCUT2D eigenvalue weighted by Gasteiger charge is 2.31. The molecule has 1 saturated carbocycles. The molecule has 3 N–H and O–H groups in total. The lowest BCUT2D eigenvalue weighted by molar-refractivity contribution is -0.00862. The summed E-state index contributed by atoms with van der Waals surface area (Å²) in [6.07, 6.45) is 1.81. The van der Waals surface area contributed by atoms with E-state index in [-0.39, 0.29) is 22.3 Å². The minimum atomic E-state index is -3.76. The van der Waals surface area contributed by atoms with Crippen molar-refractivity contribution in [2.45, 2.75) is 43.0 Å². The van der Waals surface area contributed by atoms with Crippen LogP contribution in [0.15, 0.2) is 9.59 Å². The summed E-state index contributed by atoms with van der Waals surface area (Å²) in [7, 11) is -3.76. The number of nitrogens with one attached hydrogen (secondary N) is 1. The maximum Gasteiger partial charge on any atom is 0.252 e. The molecule has 8 heteroatoms. The van der Waals surface area contributed by atoms with Gasteiger partial charge in [0.05, 0.1) is 11.7 Å². The van der Waals surface area contributed by atoms with Gasteiger partial charge < -0.3 is 10.1 Å². The van der Waals surface area contributed by atoms with Crippen molar-refractivity contribution in [3.63, 3.8) is 0 Å². The van der Waals surface area contributed by atoms with E-state index in [1.54, 1.807) is 6.92 Å². The van der Waals surface area contributed by atoms with Gasteiger partial charge in [-0.2, -0.15) is 0 Å². The summed E-state index contributed by atoms with van der Waals surface area (Å²) in [5, 5.41) is 9.51. The van der Waals surface area contributed by atoms with Gasteiger partial charge in [-0.05, 0) is 32.3 Å². The zero-order valence-corrected chi connectivity index (χ0v) is 13.0. The highest BCUT2D eigenvalue weighted by Crippen LogP contribution is 2.27. The second-order valence-electron chi connectivity index (χ2n) is 4.83. The van der Waals surface area contributed by atoms with Crippen LogP contribution in [0, 0.1) is 6.92 Å². The van der Waals surface area contributed by atoms with Crippen molar-refractivity contribution < 1.29 is 17.9 Å². The minimum absolute atomic E-state index is 0.0449. The van der Waals surface area contributed by atoms with E-state index in [4.69, 9.17) is 9.88 Å². The summed E-state index contributed by atoms with van der Waals surface area (Å²) in [5.41, 5.74) is 0.787. The quantitative estimate of drug-likeness (QED) is 0.846. The normalized spacial score (nSPS) is 22.4. The molecule has 0 bridgehead atoms. The van der Waals surface area contributed by atoms with Gasteiger partial charge in [0.1, 0.15) is 4.21 Å². The molecule has 1 amide bonds. The maximum atomic E-state index is 12.1. The van der Waals surface area contributed by atoms with Gasteiger partial charge in [0.25, 0.3) is 5.91 Å². The fourth-order valence-electron chi connectivity index (χ4n) is 2.22. The molecule has 1 aliphatic carbocycles. The van der Waals surface area contributed by atoms with Gasteiger partial charge in [-0.25, -0.2) is 13.6 Å². The Labute approximate surface area is 122 Å². The Morgan fingerprint density at radius 1 is 1.55 bits per heavy atom. The molecule has 0 spiro atoms. The van der Waals surface area contributed by atoms with E-state index < -0.39 is 10.0 Å². The Balaban J connectivity index is 1.99. The number of nitrogens with two attached hydrogens (primary N) is 1. The van der Waals surface area contributed by atoms with Crippen LogP contribution in [0.1, 0.15) is 35.7 Å². The molecular weight excluding hydrogens is 300 g/mol. The van der Waals surface area contributed by atoms with E-state index in [1.165, 1.54) is 5.38 Å². The number of primary sulfonamides is 1.